The third-order valence-corrected chi connectivity index (χ3v) is 20.3. The summed E-state index contributed by atoms with van der Waals surface area (Å²) in [6, 6.07) is 34.3. The first-order chi connectivity index (χ1) is 55.5. The van der Waals surface area contributed by atoms with E-state index in [-0.39, 0.29) is 110 Å². The Kier molecular flexibility index (Phi) is 44.2. The molecule has 2 unspecified atom stereocenters. The van der Waals surface area contributed by atoms with Crippen molar-refractivity contribution in [1.82, 2.24) is 31.9 Å². The van der Waals surface area contributed by atoms with Crippen LogP contribution in [-0.2, 0) is 71.3 Å². The number of aliphatic hydroxyl groups is 6. The molecule has 36 heteroatoms. The molecule has 6 amide bonds. The van der Waals surface area contributed by atoms with Gasteiger partial charge in [0, 0.05) is 87.6 Å². The number of nitrogens with one attached hydrogen (secondary N) is 6. The topological polar surface area (TPSA) is 467 Å². The van der Waals surface area contributed by atoms with Crippen LogP contribution in [-0.4, -0.2) is 306 Å². The SMILES string of the molecule is COC(=O)[C@@]1(OCCCSCCNC(=O)c2ccc(C(=O)NCCSCCCO[C@]3(C(=O)OC)C[C@H](O)[C@@H](NC(C)=O)[C@H](C(O)[C@H](O)CNC(=O)c4ccc(-c5ccccc5)cc4)O3)c(OCCOCCOCCOCCOCCOCCN)c2)C[C@H](O)[C@@H](NC(C)=O)[C@H](C(O)[C@H](O)CNC(=O)c2ccc(-c3ccccc3)cc2)O1.[Na+]. The second-order valence-corrected chi connectivity index (χ2v) is 29.1. The van der Waals surface area contributed by atoms with Crippen molar-refractivity contribution < 1.29 is 155 Å². The number of benzene rings is 5. The summed E-state index contributed by atoms with van der Waals surface area (Å²) in [7, 11) is 2.15. The molecule has 0 radical (unpaired) electrons. The fourth-order valence-electron chi connectivity index (χ4n) is 12.3. The van der Waals surface area contributed by atoms with Gasteiger partial charge in [-0.25, -0.2) is 9.59 Å². The van der Waals surface area contributed by atoms with Crippen LogP contribution in [0.1, 0.15) is 81.0 Å². The number of carbonyl (C=O) groups is 8. The van der Waals surface area contributed by atoms with Crippen LogP contribution >= 0.6 is 23.5 Å². The van der Waals surface area contributed by atoms with E-state index in [1.165, 1.54) is 55.6 Å². The van der Waals surface area contributed by atoms with Crippen LogP contribution < -0.4 is 71.9 Å². The van der Waals surface area contributed by atoms with Crippen molar-refractivity contribution in [1.29, 1.82) is 0 Å². The standard InChI is InChI=1S/C80H109N7O26S2.Na/c1-52(88)86-67-62(90)48-79(77(100)102-3,112-71(67)69(94)64(92)50-84-73(96)58-21-17-56(18-22-58)54-13-7-5-8-14-54)110-30-11-43-114-45-28-82-75(98)60-25-26-61(66(47-60)109-42-41-108-40-39-107-38-37-106-36-35-105-34-33-104-32-27-81)76(99)83-29-46-115-44-12-31-111-80(78(101)103-4)49-63(91)68(87-53(2)89)72(113-80)70(95)65(93)51-85-74(97)59-23-19-57(20-24-59)55-15-9-6-10-16-55;/h5-10,13-26,47,62-65,67-72,90-95H,11-12,27-46,48-51,81H2,1-4H3,(H,82,98)(H,83,99)(H,84,96)(H,85,97)(H,86,88)(H,87,89);/q;+1/t62-,63-,64+,65+,67+,68+,69?,70?,71+,72+,79+,80+;/m0./s1. The second kappa shape index (κ2) is 52.6. The van der Waals surface area contributed by atoms with Crippen molar-refractivity contribution in [3.8, 4) is 28.0 Å². The van der Waals surface area contributed by atoms with E-state index in [2.05, 4.69) is 31.9 Å². The van der Waals surface area contributed by atoms with Crippen LogP contribution in [0.15, 0.2) is 127 Å². The number of ether oxygens (including phenoxy) is 12. The molecule has 2 heterocycles. The molecule has 116 heavy (non-hydrogen) atoms. The van der Waals surface area contributed by atoms with Crippen LogP contribution in [0.5, 0.6) is 5.75 Å². The molecule has 5 aromatic carbocycles. The molecule has 0 aliphatic carbocycles. The Balaban J connectivity index is 0.0000209. The summed E-state index contributed by atoms with van der Waals surface area (Å²) in [5, 5.41) is 84.3. The van der Waals surface area contributed by atoms with Gasteiger partial charge in [0.15, 0.2) is 0 Å². The van der Waals surface area contributed by atoms with Gasteiger partial charge in [0.25, 0.3) is 35.2 Å². The predicted octanol–water partition coefficient (Wildman–Crippen LogP) is -1.46. The van der Waals surface area contributed by atoms with Gasteiger partial charge < -0.3 is 125 Å². The molecule has 2 aliphatic rings. The van der Waals surface area contributed by atoms with E-state index in [1.54, 1.807) is 48.5 Å². The number of methoxy groups -OCH3 is 2. The molecule has 33 nitrogen and oxygen atoms in total. The molecule has 5 aromatic rings. The molecule has 0 saturated carbocycles. The number of hydrogen-bond acceptors (Lipinski definition) is 29. The fraction of sp³-hybridized carbons (Fsp3) is 0.525. The van der Waals surface area contributed by atoms with Crippen molar-refractivity contribution in [2.24, 2.45) is 5.73 Å². The fourth-order valence-corrected chi connectivity index (χ4v) is 13.8. The van der Waals surface area contributed by atoms with Crippen molar-refractivity contribution in [3.63, 3.8) is 0 Å². The summed E-state index contributed by atoms with van der Waals surface area (Å²) in [6.45, 7) is 5.26. The molecule has 0 spiro atoms. The minimum absolute atomic E-state index is 0. The van der Waals surface area contributed by atoms with Crippen LogP contribution in [0.2, 0.25) is 0 Å². The van der Waals surface area contributed by atoms with Gasteiger partial charge in [-0.05, 0) is 89.1 Å². The first-order valence-electron chi connectivity index (χ1n) is 37.9. The Hall–Kier alpha value is -7.28. The van der Waals surface area contributed by atoms with Crippen molar-refractivity contribution in [3.05, 3.63) is 150 Å². The zero-order valence-electron chi connectivity index (χ0n) is 66.0. The van der Waals surface area contributed by atoms with Crippen LogP contribution in [0, 0.1) is 0 Å². The Morgan fingerprint density at radius 1 is 0.466 bits per heavy atom. The van der Waals surface area contributed by atoms with Gasteiger partial charge in [-0.15, -0.1) is 0 Å². The van der Waals surface area contributed by atoms with Gasteiger partial charge in [-0.3, -0.25) is 28.8 Å². The van der Waals surface area contributed by atoms with Gasteiger partial charge in [0.05, 0.1) is 136 Å². The zero-order valence-corrected chi connectivity index (χ0v) is 69.7. The monoisotopic (exact) mass is 1670 g/mol. The van der Waals surface area contributed by atoms with Crippen molar-refractivity contribution >= 4 is 70.9 Å². The largest absolute Gasteiger partial charge is 1.00 e. The maximum Gasteiger partial charge on any atom is 1.00 e. The summed E-state index contributed by atoms with van der Waals surface area (Å²) < 4.78 is 68.0. The number of aliphatic hydroxyl groups excluding tert-OH is 6. The number of thioether (sulfide) groups is 2. The van der Waals surface area contributed by atoms with E-state index < -0.39 is 146 Å². The Bertz CT molecular complexity index is 3800. The summed E-state index contributed by atoms with van der Waals surface area (Å²) in [4.78, 5) is 106. The van der Waals surface area contributed by atoms with Gasteiger partial charge in [-0.2, -0.15) is 23.5 Å². The van der Waals surface area contributed by atoms with Crippen molar-refractivity contribution in [2.75, 3.05) is 156 Å². The normalized spacial score (nSPS) is 20.1. The number of amides is 6. The average molecular weight is 1670 g/mol. The predicted molar refractivity (Wildman–Crippen MR) is 424 cm³/mol. The zero-order chi connectivity index (χ0) is 83.0. The maximum absolute atomic E-state index is 13.8. The number of carbonyl (C=O) groups excluding carboxylic acids is 8. The van der Waals surface area contributed by atoms with E-state index in [0.717, 1.165) is 36.5 Å². The minimum atomic E-state index is -2.30. The molecule has 0 aromatic heterocycles. The first kappa shape index (κ1) is 97.6. The Morgan fingerprint density at radius 3 is 1.22 bits per heavy atom. The summed E-state index contributed by atoms with van der Waals surface area (Å²) in [6.07, 6.45) is -14.2. The molecule has 632 valence electrons. The van der Waals surface area contributed by atoms with Crippen LogP contribution in [0.25, 0.3) is 22.3 Å². The smallest absolute Gasteiger partial charge is 0.490 e. The van der Waals surface area contributed by atoms with Gasteiger partial charge in [0.1, 0.15) is 36.8 Å². The summed E-state index contributed by atoms with van der Waals surface area (Å²) >= 11 is 2.86. The minimum Gasteiger partial charge on any atom is -0.490 e. The van der Waals surface area contributed by atoms with E-state index in [0.29, 0.717) is 88.6 Å². The number of esters is 2. The molecule has 0 bridgehead atoms. The number of nitrogens with two attached hydrogens (primary N) is 1. The van der Waals surface area contributed by atoms with E-state index >= 15 is 0 Å². The molecule has 12 atom stereocenters. The summed E-state index contributed by atoms with van der Waals surface area (Å²) in [5.41, 5.74) is 9.90. The Morgan fingerprint density at radius 2 is 0.828 bits per heavy atom. The summed E-state index contributed by atoms with van der Waals surface area (Å²) in [5.74, 6) is -8.28. The second-order valence-electron chi connectivity index (χ2n) is 26.6. The molecular weight excluding hydrogens is 1560 g/mol. The third-order valence-electron chi connectivity index (χ3n) is 18.1. The molecule has 2 aliphatic heterocycles. The molecule has 7 rings (SSSR count). The van der Waals surface area contributed by atoms with E-state index in [4.69, 9.17) is 62.6 Å². The third kappa shape index (κ3) is 31.5. The van der Waals surface area contributed by atoms with Gasteiger partial charge in [-0.1, -0.05) is 84.9 Å². The van der Waals surface area contributed by atoms with Gasteiger partial charge in [0.2, 0.25) is 11.8 Å². The number of rotatable bonds is 52. The molecule has 2 fully saturated rings. The Labute approximate surface area is 705 Å². The first-order valence-corrected chi connectivity index (χ1v) is 40.2. The molecule has 2 saturated heterocycles. The van der Waals surface area contributed by atoms with Crippen molar-refractivity contribution in [2.45, 2.75) is 112 Å². The van der Waals surface area contributed by atoms with E-state index in [1.807, 2.05) is 60.7 Å². The molecule has 14 N–H and O–H groups in total. The van der Waals surface area contributed by atoms with Crippen LogP contribution in [0.3, 0.4) is 0 Å². The van der Waals surface area contributed by atoms with E-state index in [9.17, 15) is 69.0 Å². The van der Waals surface area contributed by atoms with Gasteiger partial charge >= 0.3 is 41.5 Å². The maximum atomic E-state index is 13.8. The average Bonchev–Trinajstić information content (AvgIpc) is 0.767. The van der Waals surface area contributed by atoms with Crippen LogP contribution in [0.4, 0.5) is 0 Å². The quantitative estimate of drug-likeness (QED) is 0.0120. The number of hydrogen-bond donors (Lipinski definition) is 13. The molecular formula is C80H109N7NaO26S2+.